The van der Waals surface area contributed by atoms with Gasteiger partial charge in [-0.05, 0) is 18.9 Å². The fourth-order valence-corrected chi connectivity index (χ4v) is 1.38. The lowest BCUT2D eigenvalue weighted by Gasteiger charge is -1.91. The van der Waals surface area contributed by atoms with Crippen LogP contribution in [-0.4, -0.2) is 26.2 Å². The lowest BCUT2D eigenvalue weighted by Crippen LogP contribution is -2.04. The number of halogens is 1. The van der Waals surface area contributed by atoms with Crippen LogP contribution in [0, 0.1) is 0 Å². The summed E-state index contributed by atoms with van der Waals surface area (Å²) in [6.45, 7) is 0. The molecule has 0 aliphatic carbocycles. The molecule has 1 heterocycles. The molecule has 0 amide bonds. The first-order chi connectivity index (χ1) is 6.15. The first kappa shape index (κ1) is 10.2. The highest BCUT2D eigenvalue weighted by molar-refractivity contribution is 9.09. The summed E-state index contributed by atoms with van der Waals surface area (Å²) < 4.78 is 1.39. The van der Waals surface area contributed by atoms with Gasteiger partial charge < -0.3 is 5.11 Å². The molecular weight excluding hydrogens is 236 g/mol. The summed E-state index contributed by atoms with van der Waals surface area (Å²) in [6.07, 6.45) is 1.78. The summed E-state index contributed by atoms with van der Waals surface area (Å²) in [5, 5.41) is 13.7. The molecular formula is C8H11BrN2O2. The smallest absolute Gasteiger partial charge is 0.354 e. The standard InChI is InChI=1S/C8H11BrN2O2/c1-11-7(8(12)13)5-6(10-11)3-2-4-9/h5H,2-4H2,1H3,(H,12,13). The monoisotopic (exact) mass is 246 g/mol. The van der Waals surface area contributed by atoms with Crippen LogP contribution in [-0.2, 0) is 13.5 Å². The van der Waals surface area contributed by atoms with Crippen molar-refractivity contribution in [3.8, 4) is 0 Å². The summed E-state index contributed by atoms with van der Waals surface area (Å²) in [5.41, 5.74) is 1.07. The van der Waals surface area contributed by atoms with Crippen molar-refractivity contribution in [2.75, 3.05) is 5.33 Å². The van der Waals surface area contributed by atoms with Crippen LogP contribution >= 0.6 is 15.9 Å². The first-order valence-corrected chi connectivity index (χ1v) is 5.09. The quantitative estimate of drug-likeness (QED) is 0.819. The number of rotatable bonds is 4. The molecule has 1 aromatic rings. The summed E-state index contributed by atoms with van der Waals surface area (Å²) in [4.78, 5) is 10.6. The zero-order valence-electron chi connectivity index (χ0n) is 7.33. The molecule has 0 aromatic carbocycles. The Morgan fingerprint density at radius 1 is 1.77 bits per heavy atom. The number of aryl methyl sites for hydroxylation is 2. The van der Waals surface area contributed by atoms with Gasteiger partial charge in [-0.25, -0.2) is 4.79 Å². The van der Waals surface area contributed by atoms with Crippen molar-refractivity contribution in [3.63, 3.8) is 0 Å². The van der Waals surface area contributed by atoms with Gasteiger partial charge in [-0.15, -0.1) is 0 Å². The molecule has 1 rings (SSSR count). The SMILES string of the molecule is Cn1nc(CCCBr)cc1C(=O)O. The normalized spacial score (nSPS) is 10.3. The maximum absolute atomic E-state index is 10.6. The van der Waals surface area contributed by atoms with Crippen LogP contribution in [0.4, 0.5) is 0 Å². The molecule has 0 unspecified atom stereocenters. The molecule has 0 aliphatic heterocycles. The molecule has 4 nitrogen and oxygen atoms in total. The van der Waals surface area contributed by atoms with Gasteiger partial charge in [0.1, 0.15) is 5.69 Å². The molecule has 0 saturated heterocycles. The number of carboxylic acid groups (broad SMARTS) is 1. The van der Waals surface area contributed by atoms with Crippen LogP contribution in [0.2, 0.25) is 0 Å². The number of hydrogen-bond donors (Lipinski definition) is 1. The van der Waals surface area contributed by atoms with Gasteiger partial charge in [0.15, 0.2) is 0 Å². The number of carbonyl (C=O) groups is 1. The zero-order chi connectivity index (χ0) is 9.84. The Hall–Kier alpha value is -0.840. The van der Waals surface area contributed by atoms with Crippen LogP contribution in [0.5, 0.6) is 0 Å². The summed E-state index contributed by atoms with van der Waals surface area (Å²) in [7, 11) is 1.64. The molecule has 0 aliphatic rings. The third-order valence-corrected chi connectivity index (χ3v) is 2.28. The van der Waals surface area contributed by atoms with E-state index in [4.69, 9.17) is 5.11 Å². The van der Waals surface area contributed by atoms with E-state index in [1.54, 1.807) is 13.1 Å². The molecule has 72 valence electrons. The second-order valence-electron chi connectivity index (χ2n) is 2.74. The van der Waals surface area contributed by atoms with Gasteiger partial charge in [-0.2, -0.15) is 5.10 Å². The van der Waals surface area contributed by atoms with E-state index in [0.29, 0.717) is 0 Å². The van der Waals surface area contributed by atoms with Gasteiger partial charge in [0, 0.05) is 12.4 Å². The number of hydrogen-bond acceptors (Lipinski definition) is 2. The second kappa shape index (κ2) is 4.41. The molecule has 0 radical (unpaired) electrons. The highest BCUT2D eigenvalue weighted by Gasteiger charge is 2.10. The molecule has 0 spiro atoms. The molecule has 1 N–H and O–H groups in total. The Morgan fingerprint density at radius 3 is 2.92 bits per heavy atom. The van der Waals surface area contributed by atoms with Crippen LogP contribution in [0.25, 0.3) is 0 Å². The Bertz CT molecular complexity index is 309. The minimum Gasteiger partial charge on any atom is -0.477 e. The Balaban J connectivity index is 2.76. The Kier molecular flexibility index (Phi) is 3.48. The van der Waals surface area contributed by atoms with E-state index in [9.17, 15) is 4.79 Å². The predicted octanol–water partition coefficient (Wildman–Crippen LogP) is 1.45. The lowest BCUT2D eigenvalue weighted by atomic mass is 10.2. The third kappa shape index (κ3) is 2.55. The number of alkyl halides is 1. The number of nitrogens with zero attached hydrogens (tertiary/aromatic N) is 2. The predicted molar refractivity (Wildman–Crippen MR) is 52.3 cm³/mol. The average Bonchev–Trinajstić information content (AvgIpc) is 2.43. The van der Waals surface area contributed by atoms with Gasteiger partial charge in [-0.3, -0.25) is 4.68 Å². The fraction of sp³-hybridized carbons (Fsp3) is 0.500. The Morgan fingerprint density at radius 2 is 2.46 bits per heavy atom. The van der Waals surface area contributed by atoms with Gasteiger partial charge in [0.25, 0.3) is 0 Å². The summed E-state index contributed by atoms with van der Waals surface area (Å²) in [6, 6.07) is 1.62. The van der Waals surface area contributed by atoms with Gasteiger partial charge in [0.05, 0.1) is 5.69 Å². The highest BCUT2D eigenvalue weighted by Crippen LogP contribution is 2.06. The number of carboxylic acids is 1. The van der Waals surface area contributed by atoms with Crippen molar-refractivity contribution in [2.45, 2.75) is 12.8 Å². The molecule has 13 heavy (non-hydrogen) atoms. The van der Waals surface area contributed by atoms with Crippen molar-refractivity contribution in [1.29, 1.82) is 0 Å². The van der Waals surface area contributed by atoms with E-state index in [1.807, 2.05) is 0 Å². The van der Waals surface area contributed by atoms with E-state index in [-0.39, 0.29) is 5.69 Å². The van der Waals surface area contributed by atoms with E-state index in [1.165, 1.54) is 4.68 Å². The molecule has 0 atom stereocenters. The lowest BCUT2D eigenvalue weighted by molar-refractivity contribution is 0.0685. The van der Waals surface area contributed by atoms with Crippen LogP contribution in [0.15, 0.2) is 6.07 Å². The van der Waals surface area contributed by atoms with Crippen molar-refractivity contribution < 1.29 is 9.90 Å². The molecule has 0 saturated carbocycles. The second-order valence-corrected chi connectivity index (χ2v) is 3.54. The van der Waals surface area contributed by atoms with Crippen LogP contribution in [0.1, 0.15) is 22.6 Å². The maximum atomic E-state index is 10.6. The van der Waals surface area contributed by atoms with Crippen molar-refractivity contribution in [1.82, 2.24) is 9.78 Å². The highest BCUT2D eigenvalue weighted by atomic mass is 79.9. The van der Waals surface area contributed by atoms with Crippen molar-refractivity contribution in [2.24, 2.45) is 7.05 Å². The number of aromatic nitrogens is 2. The van der Waals surface area contributed by atoms with Gasteiger partial charge in [0.2, 0.25) is 0 Å². The van der Waals surface area contributed by atoms with Crippen LogP contribution in [0.3, 0.4) is 0 Å². The molecule has 1 aromatic heterocycles. The topological polar surface area (TPSA) is 55.1 Å². The minimum absolute atomic E-state index is 0.240. The number of aromatic carboxylic acids is 1. The third-order valence-electron chi connectivity index (χ3n) is 1.72. The van der Waals surface area contributed by atoms with E-state index < -0.39 is 5.97 Å². The van der Waals surface area contributed by atoms with E-state index in [2.05, 4.69) is 21.0 Å². The molecule has 0 fully saturated rings. The zero-order valence-corrected chi connectivity index (χ0v) is 8.91. The summed E-state index contributed by atoms with van der Waals surface area (Å²) in [5.74, 6) is -0.930. The van der Waals surface area contributed by atoms with Gasteiger partial charge in [-0.1, -0.05) is 15.9 Å². The molecule has 0 bridgehead atoms. The van der Waals surface area contributed by atoms with Crippen molar-refractivity contribution >= 4 is 21.9 Å². The van der Waals surface area contributed by atoms with E-state index in [0.717, 1.165) is 23.9 Å². The molecule has 5 heteroatoms. The van der Waals surface area contributed by atoms with Crippen molar-refractivity contribution in [3.05, 3.63) is 17.5 Å². The largest absolute Gasteiger partial charge is 0.477 e. The maximum Gasteiger partial charge on any atom is 0.354 e. The minimum atomic E-state index is -0.930. The van der Waals surface area contributed by atoms with Crippen LogP contribution < -0.4 is 0 Å². The summed E-state index contributed by atoms with van der Waals surface area (Å²) >= 11 is 3.31. The average molecular weight is 247 g/mol. The fourth-order valence-electron chi connectivity index (χ4n) is 1.10. The Labute approximate surface area is 84.7 Å². The van der Waals surface area contributed by atoms with E-state index >= 15 is 0 Å². The van der Waals surface area contributed by atoms with Gasteiger partial charge >= 0.3 is 5.97 Å². The first-order valence-electron chi connectivity index (χ1n) is 3.97.